The Morgan fingerprint density at radius 1 is 0.938 bits per heavy atom. The summed E-state index contributed by atoms with van der Waals surface area (Å²) in [7, 11) is 1.42. The summed E-state index contributed by atoms with van der Waals surface area (Å²) >= 11 is 0. The van der Waals surface area contributed by atoms with Crippen LogP contribution in [-0.4, -0.2) is 23.6 Å². The van der Waals surface area contributed by atoms with Crippen LogP contribution in [0.2, 0.25) is 0 Å². The van der Waals surface area contributed by atoms with Gasteiger partial charge in [0.1, 0.15) is 16.9 Å². The molecule has 3 aromatic carbocycles. The molecule has 32 heavy (non-hydrogen) atoms. The highest BCUT2D eigenvalue weighted by molar-refractivity contribution is 6.29. The van der Waals surface area contributed by atoms with Gasteiger partial charge < -0.3 is 9.15 Å². The van der Waals surface area contributed by atoms with Crippen molar-refractivity contribution in [2.75, 3.05) is 7.11 Å². The number of carbonyl (C=O) groups excluding carboxylic acids is 2. The van der Waals surface area contributed by atoms with Gasteiger partial charge >= 0.3 is 5.63 Å². The molecule has 1 heterocycles. The van der Waals surface area contributed by atoms with E-state index in [1.54, 1.807) is 24.3 Å². The minimum Gasteiger partial charge on any atom is -0.496 e. The molecule has 0 amide bonds. The minimum absolute atomic E-state index is 0.0809. The number of fused-ring (bicyclic) bond motifs is 2. The van der Waals surface area contributed by atoms with Crippen molar-refractivity contribution in [3.8, 4) is 16.9 Å². The lowest BCUT2D eigenvalue weighted by atomic mass is 9.81. The van der Waals surface area contributed by atoms with Crippen LogP contribution < -0.4 is 10.4 Å². The fourth-order valence-electron chi connectivity index (χ4n) is 4.06. The summed E-state index contributed by atoms with van der Waals surface area (Å²) in [5, 5.41) is 11.3. The van der Waals surface area contributed by atoms with Crippen LogP contribution in [0.25, 0.3) is 22.1 Å². The molecule has 0 saturated heterocycles. The Morgan fingerprint density at radius 3 is 2.28 bits per heavy atom. The molecule has 0 saturated carbocycles. The lowest BCUT2D eigenvalue weighted by molar-refractivity contribution is -0.384. The van der Waals surface area contributed by atoms with Crippen LogP contribution in [0.3, 0.4) is 0 Å². The highest BCUT2D eigenvalue weighted by atomic mass is 16.6. The van der Waals surface area contributed by atoms with Gasteiger partial charge in [-0.25, -0.2) is 4.79 Å². The van der Waals surface area contributed by atoms with Crippen molar-refractivity contribution in [1.29, 1.82) is 0 Å². The second kappa shape index (κ2) is 6.98. The van der Waals surface area contributed by atoms with Crippen molar-refractivity contribution in [3.05, 3.63) is 103 Å². The summed E-state index contributed by atoms with van der Waals surface area (Å²) < 4.78 is 10.8. The Kier molecular flexibility index (Phi) is 4.23. The van der Waals surface area contributed by atoms with Crippen LogP contribution in [0.15, 0.2) is 69.9 Å². The fourth-order valence-corrected chi connectivity index (χ4v) is 4.06. The summed E-state index contributed by atoms with van der Waals surface area (Å²) in [6, 6.07) is 14.7. The number of nitro benzene ring substituents is 1. The standard InChI is InChI=1S/C24H13NO7/c1-31-16-10-11-17-19-18(14-4-2-3-5-15(14)23(27)20(16)19)21(24(28)32-17)22(26)12-6-8-13(9-7-12)25(29)30/h2-11H,1H3. The average Bonchev–Trinajstić information content (AvgIpc) is 2.81. The van der Waals surface area contributed by atoms with Gasteiger partial charge in [-0.3, -0.25) is 19.7 Å². The number of hydrogen-bond acceptors (Lipinski definition) is 7. The van der Waals surface area contributed by atoms with E-state index in [9.17, 15) is 24.5 Å². The van der Waals surface area contributed by atoms with Crippen molar-refractivity contribution in [2.24, 2.45) is 0 Å². The van der Waals surface area contributed by atoms with Crippen LogP contribution in [0, 0.1) is 10.1 Å². The molecule has 0 aliphatic heterocycles. The Bertz CT molecular complexity index is 1530. The van der Waals surface area contributed by atoms with Crippen LogP contribution in [0.5, 0.6) is 5.75 Å². The van der Waals surface area contributed by atoms with Crippen LogP contribution in [-0.2, 0) is 0 Å². The van der Waals surface area contributed by atoms with E-state index >= 15 is 0 Å². The number of non-ortho nitro benzene ring substituents is 1. The van der Waals surface area contributed by atoms with Gasteiger partial charge in [0.25, 0.3) is 5.69 Å². The summed E-state index contributed by atoms with van der Waals surface area (Å²) in [4.78, 5) is 50.0. The fraction of sp³-hybridized carbons (Fsp3) is 0.0417. The molecule has 1 aliphatic carbocycles. The number of methoxy groups -OCH3 is 1. The quantitative estimate of drug-likeness (QED) is 0.183. The number of ketones is 2. The number of carbonyl (C=O) groups is 2. The molecule has 156 valence electrons. The van der Waals surface area contributed by atoms with E-state index in [0.717, 1.165) is 0 Å². The zero-order valence-corrected chi connectivity index (χ0v) is 16.6. The van der Waals surface area contributed by atoms with Gasteiger partial charge in [-0.15, -0.1) is 0 Å². The predicted octanol–water partition coefficient (Wildman–Crippen LogP) is 4.15. The first-order valence-electron chi connectivity index (χ1n) is 9.53. The molecule has 1 aliphatic rings. The summed E-state index contributed by atoms with van der Waals surface area (Å²) in [6.07, 6.45) is 0. The van der Waals surface area contributed by atoms with Gasteiger partial charge in [0, 0.05) is 34.2 Å². The Morgan fingerprint density at radius 2 is 1.62 bits per heavy atom. The Labute approximate surface area is 179 Å². The molecule has 0 atom stereocenters. The molecule has 4 aromatic rings. The molecular formula is C24H13NO7. The van der Waals surface area contributed by atoms with Crippen LogP contribution in [0.4, 0.5) is 5.69 Å². The zero-order valence-electron chi connectivity index (χ0n) is 16.6. The molecule has 8 heteroatoms. The monoisotopic (exact) mass is 427 g/mol. The van der Waals surface area contributed by atoms with Crippen molar-refractivity contribution in [3.63, 3.8) is 0 Å². The second-order valence-electron chi connectivity index (χ2n) is 7.16. The van der Waals surface area contributed by atoms with Gasteiger partial charge in [-0.1, -0.05) is 24.3 Å². The molecule has 0 bridgehead atoms. The number of nitrogens with zero attached hydrogens (tertiary/aromatic N) is 1. The summed E-state index contributed by atoms with van der Waals surface area (Å²) in [5.41, 5.74) is 0.189. The topological polar surface area (TPSA) is 117 Å². The molecule has 8 nitrogen and oxygen atoms in total. The third kappa shape index (κ3) is 2.66. The first-order valence-corrected chi connectivity index (χ1v) is 9.53. The predicted molar refractivity (Wildman–Crippen MR) is 114 cm³/mol. The smallest absolute Gasteiger partial charge is 0.348 e. The normalized spacial score (nSPS) is 11.8. The highest BCUT2D eigenvalue weighted by Gasteiger charge is 2.34. The third-order valence-electron chi connectivity index (χ3n) is 5.49. The van der Waals surface area contributed by atoms with E-state index in [-0.39, 0.29) is 39.3 Å². The molecule has 0 radical (unpaired) electrons. The number of nitro groups is 1. The minimum atomic E-state index is -0.865. The summed E-state index contributed by atoms with van der Waals surface area (Å²) in [6.45, 7) is 0. The van der Waals surface area contributed by atoms with Crippen molar-refractivity contribution < 1.29 is 23.7 Å². The van der Waals surface area contributed by atoms with E-state index in [0.29, 0.717) is 22.3 Å². The number of benzene rings is 3. The lowest BCUT2D eigenvalue weighted by Gasteiger charge is -2.22. The third-order valence-corrected chi connectivity index (χ3v) is 5.49. The van der Waals surface area contributed by atoms with Crippen molar-refractivity contribution in [2.45, 2.75) is 0 Å². The second-order valence-corrected chi connectivity index (χ2v) is 7.16. The first-order chi connectivity index (χ1) is 15.4. The van der Waals surface area contributed by atoms with Crippen molar-refractivity contribution >= 4 is 28.2 Å². The van der Waals surface area contributed by atoms with E-state index in [1.165, 1.54) is 43.5 Å². The van der Waals surface area contributed by atoms with Gasteiger partial charge in [0.2, 0.25) is 5.78 Å². The van der Waals surface area contributed by atoms with E-state index < -0.39 is 16.3 Å². The largest absolute Gasteiger partial charge is 0.496 e. The maximum atomic E-state index is 13.4. The van der Waals surface area contributed by atoms with Crippen molar-refractivity contribution in [1.82, 2.24) is 0 Å². The van der Waals surface area contributed by atoms with Gasteiger partial charge in [0.15, 0.2) is 5.78 Å². The van der Waals surface area contributed by atoms with Crippen LogP contribution >= 0.6 is 0 Å². The number of rotatable bonds is 4. The molecular weight excluding hydrogens is 414 g/mol. The van der Waals surface area contributed by atoms with E-state index in [4.69, 9.17) is 9.15 Å². The van der Waals surface area contributed by atoms with Gasteiger partial charge in [-0.05, 0) is 29.8 Å². The zero-order chi connectivity index (χ0) is 22.6. The van der Waals surface area contributed by atoms with Gasteiger partial charge in [-0.2, -0.15) is 0 Å². The number of hydrogen-bond donors (Lipinski definition) is 0. The summed E-state index contributed by atoms with van der Waals surface area (Å²) in [5.74, 6) is -0.678. The Hall–Kier alpha value is -4.59. The maximum Gasteiger partial charge on any atom is 0.348 e. The number of ether oxygens (including phenoxy) is 1. The highest BCUT2D eigenvalue weighted by Crippen LogP contribution is 2.44. The van der Waals surface area contributed by atoms with E-state index in [1.807, 2.05) is 0 Å². The lowest BCUT2D eigenvalue weighted by Crippen LogP contribution is -2.21. The van der Waals surface area contributed by atoms with E-state index in [2.05, 4.69) is 0 Å². The molecule has 0 spiro atoms. The first kappa shape index (κ1) is 19.4. The molecule has 0 N–H and O–H groups in total. The maximum absolute atomic E-state index is 13.4. The van der Waals surface area contributed by atoms with Crippen LogP contribution in [0.1, 0.15) is 31.8 Å². The SMILES string of the molecule is COc1ccc2oc(=O)c(C(=O)c3ccc([N+](=O)[O-])cc3)c3c2c1C(=O)c1ccccc1-3. The Balaban J connectivity index is 1.88. The molecule has 0 unspecified atom stereocenters. The molecule has 5 rings (SSSR count). The molecule has 1 aromatic heterocycles. The van der Waals surface area contributed by atoms with Gasteiger partial charge in [0.05, 0.1) is 17.6 Å². The average molecular weight is 427 g/mol. The molecule has 0 fully saturated rings.